The Hall–Kier alpha value is -3.29. The number of fused-ring (bicyclic) bond motifs is 1. The number of rotatable bonds is 5. The predicted octanol–water partition coefficient (Wildman–Crippen LogP) is 3.09. The summed E-state index contributed by atoms with van der Waals surface area (Å²) in [4.78, 5) is 20.9. The van der Waals surface area contributed by atoms with E-state index in [4.69, 9.17) is 11.1 Å². The van der Waals surface area contributed by atoms with Gasteiger partial charge in [-0.3, -0.25) is 4.79 Å². The predicted molar refractivity (Wildman–Crippen MR) is 105 cm³/mol. The monoisotopic (exact) mass is 368 g/mol. The van der Waals surface area contributed by atoms with Crippen LogP contribution in [0.2, 0.25) is 0 Å². The highest BCUT2D eigenvalue weighted by atomic mass is 19.1. The van der Waals surface area contributed by atoms with E-state index in [1.807, 2.05) is 13.8 Å². The second kappa shape index (κ2) is 7.14. The molecule has 0 aliphatic rings. The summed E-state index contributed by atoms with van der Waals surface area (Å²) in [6, 6.07) is 6.21. The summed E-state index contributed by atoms with van der Waals surface area (Å²) in [5.74, 6) is 0.0932. The van der Waals surface area contributed by atoms with Crippen molar-refractivity contribution in [1.29, 1.82) is 5.41 Å². The molecule has 27 heavy (non-hydrogen) atoms. The molecule has 140 valence electrons. The molecule has 0 atom stereocenters. The lowest BCUT2D eigenvalue weighted by Gasteiger charge is -2.19. The number of pyridine rings is 1. The molecule has 8 heteroatoms. The average molecular weight is 368 g/mol. The molecule has 0 bridgehead atoms. The molecule has 0 saturated heterocycles. The summed E-state index contributed by atoms with van der Waals surface area (Å²) in [6.07, 6.45) is 1.31. The smallest absolute Gasteiger partial charge is 0.261 e. The highest BCUT2D eigenvalue weighted by Crippen LogP contribution is 2.21. The van der Waals surface area contributed by atoms with E-state index in [9.17, 15) is 9.18 Å². The zero-order valence-corrected chi connectivity index (χ0v) is 15.4. The van der Waals surface area contributed by atoms with Crippen LogP contribution in [-0.2, 0) is 6.54 Å². The third-order valence-electron chi connectivity index (χ3n) is 4.31. The number of benzene rings is 1. The number of hydrogen-bond acceptors (Lipinski definition) is 6. The van der Waals surface area contributed by atoms with E-state index in [-0.39, 0.29) is 35.1 Å². The van der Waals surface area contributed by atoms with Crippen molar-refractivity contribution in [2.24, 2.45) is 0 Å². The zero-order valence-electron chi connectivity index (χ0n) is 15.4. The first-order valence-corrected chi connectivity index (χ1v) is 8.53. The molecule has 4 N–H and O–H groups in total. The first-order valence-electron chi connectivity index (χ1n) is 8.53. The molecule has 0 radical (unpaired) electrons. The first-order chi connectivity index (χ1) is 12.8. The fourth-order valence-corrected chi connectivity index (χ4v) is 3.17. The summed E-state index contributed by atoms with van der Waals surface area (Å²) in [6.45, 7) is 5.60. The SMILES string of the molecule is CC(=N)c1c(N)ncnc1NCc1cc2cccc(F)c2c(=O)n1C(C)C. The number of nitrogens with zero attached hydrogens (tertiary/aromatic N) is 3. The highest BCUT2D eigenvalue weighted by Gasteiger charge is 2.16. The number of hydrogen-bond donors (Lipinski definition) is 3. The summed E-state index contributed by atoms with van der Waals surface area (Å²) >= 11 is 0. The number of halogens is 1. The fraction of sp³-hybridized carbons (Fsp3) is 0.263. The third-order valence-corrected chi connectivity index (χ3v) is 4.31. The minimum Gasteiger partial charge on any atom is -0.383 e. The van der Waals surface area contributed by atoms with E-state index in [1.165, 1.54) is 12.4 Å². The molecular weight excluding hydrogens is 347 g/mol. The van der Waals surface area contributed by atoms with Crippen molar-refractivity contribution in [2.75, 3.05) is 11.1 Å². The average Bonchev–Trinajstić information content (AvgIpc) is 2.59. The van der Waals surface area contributed by atoms with Gasteiger partial charge in [-0.05, 0) is 38.3 Å². The van der Waals surface area contributed by atoms with Crippen LogP contribution >= 0.6 is 0 Å². The van der Waals surface area contributed by atoms with Gasteiger partial charge in [0.1, 0.15) is 23.8 Å². The molecule has 0 amide bonds. The largest absolute Gasteiger partial charge is 0.383 e. The second-order valence-electron chi connectivity index (χ2n) is 6.57. The summed E-state index contributed by atoms with van der Waals surface area (Å²) < 4.78 is 15.7. The molecule has 7 nitrogen and oxygen atoms in total. The van der Waals surface area contributed by atoms with E-state index in [2.05, 4.69) is 15.3 Å². The van der Waals surface area contributed by atoms with Gasteiger partial charge in [0, 0.05) is 17.4 Å². The molecule has 0 spiro atoms. The summed E-state index contributed by atoms with van der Waals surface area (Å²) in [5, 5.41) is 11.6. The fourth-order valence-electron chi connectivity index (χ4n) is 3.17. The van der Waals surface area contributed by atoms with Gasteiger partial charge in [0.15, 0.2) is 0 Å². The third kappa shape index (κ3) is 3.38. The molecule has 0 aliphatic heterocycles. The van der Waals surface area contributed by atoms with Gasteiger partial charge in [0.25, 0.3) is 5.56 Å². The Morgan fingerprint density at radius 1 is 1.37 bits per heavy atom. The highest BCUT2D eigenvalue weighted by molar-refractivity contribution is 6.04. The summed E-state index contributed by atoms with van der Waals surface area (Å²) in [5.41, 5.74) is 6.82. The van der Waals surface area contributed by atoms with Gasteiger partial charge in [-0.15, -0.1) is 0 Å². The molecule has 2 heterocycles. The van der Waals surface area contributed by atoms with Crippen molar-refractivity contribution in [2.45, 2.75) is 33.4 Å². The molecule has 3 rings (SSSR count). The van der Waals surface area contributed by atoms with E-state index < -0.39 is 5.82 Å². The van der Waals surface area contributed by atoms with Crippen LogP contribution in [0.4, 0.5) is 16.0 Å². The number of anilines is 2. The number of nitrogens with two attached hydrogens (primary N) is 1. The Balaban J connectivity index is 2.09. The maximum absolute atomic E-state index is 14.2. The van der Waals surface area contributed by atoms with Crippen LogP contribution in [0.25, 0.3) is 10.8 Å². The summed E-state index contributed by atoms with van der Waals surface area (Å²) in [7, 11) is 0. The lowest BCUT2D eigenvalue weighted by molar-refractivity contribution is 0.555. The topological polar surface area (TPSA) is 110 Å². The zero-order chi connectivity index (χ0) is 19.7. The standard InChI is InChI=1S/C19H21FN6O/c1-10(2)26-13(7-12-5-4-6-14(20)16(12)19(26)27)8-23-18-15(11(3)21)17(22)24-9-25-18/h4-7,9-10,21H,8H2,1-3H3,(H3,22,23,24,25). The lowest BCUT2D eigenvalue weighted by Crippen LogP contribution is -2.27. The van der Waals surface area contributed by atoms with Crippen molar-refractivity contribution in [3.8, 4) is 0 Å². The second-order valence-corrected chi connectivity index (χ2v) is 6.57. The van der Waals surface area contributed by atoms with Crippen LogP contribution in [0, 0.1) is 11.2 Å². The van der Waals surface area contributed by atoms with E-state index in [0.29, 0.717) is 22.5 Å². The van der Waals surface area contributed by atoms with Crippen LogP contribution in [0.3, 0.4) is 0 Å². The van der Waals surface area contributed by atoms with Crippen molar-refractivity contribution in [1.82, 2.24) is 14.5 Å². The van der Waals surface area contributed by atoms with Gasteiger partial charge in [-0.25, -0.2) is 14.4 Å². The van der Waals surface area contributed by atoms with Crippen LogP contribution in [0.1, 0.15) is 38.1 Å². The van der Waals surface area contributed by atoms with Crippen LogP contribution in [-0.4, -0.2) is 20.2 Å². The Morgan fingerprint density at radius 3 is 2.78 bits per heavy atom. The van der Waals surface area contributed by atoms with Crippen molar-refractivity contribution in [3.05, 3.63) is 58.0 Å². The van der Waals surface area contributed by atoms with Gasteiger partial charge in [0.05, 0.1) is 17.5 Å². The maximum Gasteiger partial charge on any atom is 0.261 e. The Labute approximate surface area is 155 Å². The lowest BCUT2D eigenvalue weighted by atomic mass is 10.1. The van der Waals surface area contributed by atoms with Crippen LogP contribution in [0.5, 0.6) is 0 Å². The maximum atomic E-state index is 14.2. The van der Waals surface area contributed by atoms with Crippen molar-refractivity contribution in [3.63, 3.8) is 0 Å². The van der Waals surface area contributed by atoms with Crippen LogP contribution in [0.15, 0.2) is 35.4 Å². The quantitative estimate of drug-likeness (QED) is 0.600. The Morgan fingerprint density at radius 2 is 2.11 bits per heavy atom. The first kappa shape index (κ1) is 18.5. The Kier molecular flexibility index (Phi) is 4.89. The van der Waals surface area contributed by atoms with Gasteiger partial charge >= 0.3 is 0 Å². The van der Waals surface area contributed by atoms with Gasteiger partial charge in [0.2, 0.25) is 0 Å². The van der Waals surface area contributed by atoms with E-state index in [0.717, 1.165) is 0 Å². The molecule has 0 unspecified atom stereocenters. The van der Waals surface area contributed by atoms with Gasteiger partial charge in [-0.2, -0.15) is 0 Å². The Bertz CT molecular complexity index is 1090. The number of nitrogens with one attached hydrogen (secondary N) is 2. The van der Waals surface area contributed by atoms with Crippen molar-refractivity contribution >= 4 is 28.1 Å². The number of nitrogen functional groups attached to an aromatic ring is 1. The molecule has 0 fully saturated rings. The van der Waals surface area contributed by atoms with Crippen LogP contribution < -0.4 is 16.6 Å². The molecule has 0 saturated carbocycles. The van der Waals surface area contributed by atoms with E-state index in [1.54, 1.807) is 29.7 Å². The molecule has 3 aromatic rings. The van der Waals surface area contributed by atoms with E-state index >= 15 is 0 Å². The molecule has 0 aliphatic carbocycles. The molecule has 1 aromatic carbocycles. The minimum absolute atomic E-state index is 0.0808. The molecular formula is C19H21FN6O. The van der Waals surface area contributed by atoms with Gasteiger partial charge in [-0.1, -0.05) is 12.1 Å². The van der Waals surface area contributed by atoms with Gasteiger partial charge < -0.3 is 21.0 Å². The normalized spacial score (nSPS) is 11.1. The number of aromatic nitrogens is 3. The van der Waals surface area contributed by atoms with Crippen molar-refractivity contribution < 1.29 is 4.39 Å². The minimum atomic E-state index is -0.531. The molecule has 2 aromatic heterocycles.